The maximum absolute atomic E-state index is 12.2. The summed E-state index contributed by atoms with van der Waals surface area (Å²) in [6.45, 7) is 5.01. The second-order valence-electron chi connectivity index (χ2n) is 6.93. The molecule has 130 valence electrons. The summed E-state index contributed by atoms with van der Waals surface area (Å²) in [6, 6.07) is 7.24. The van der Waals surface area contributed by atoms with E-state index in [9.17, 15) is 4.39 Å². The van der Waals surface area contributed by atoms with Crippen LogP contribution in [0.1, 0.15) is 56.9 Å². The Bertz CT molecular complexity index is 390. The molecule has 0 bridgehead atoms. The van der Waals surface area contributed by atoms with Crippen LogP contribution in [0.25, 0.3) is 0 Å². The normalized spacial score (nSPS) is 19.9. The standard InChI is InChI=1S/C13H25NO.C7H7F/c1-2-4-12(5-3-1)6-9-14-13-7-10-15-11-8-13;1-6-3-2-4-7(8)5-6/h12-14H,1-11H2;2-5H,1H3. The Morgan fingerprint density at radius 2 is 1.83 bits per heavy atom. The zero-order chi connectivity index (χ0) is 16.3. The van der Waals surface area contributed by atoms with Crippen molar-refractivity contribution in [2.24, 2.45) is 5.92 Å². The third-order valence-electron chi connectivity index (χ3n) is 4.91. The van der Waals surface area contributed by atoms with Crippen LogP contribution < -0.4 is 5.32 Å². The fourth-order valence-corrected chi connectivity index (χ4v) is 3.47. The topological polar surface area (TPSA) is 21.3 Å². The highest BCUT2D eigenvalue weighted by molar-refractivity contribution is 5.13. The summed E-state index contributed by atoms with van der Waals surface area (Å²) in [5.74, 6) is 0.857. The van der Waals surface area contributed by atoms with Gasteiger partial charge < -0.3 is 10.1 Å². The Balaban J connectivity index is 0.000000203. The summed E-state index contributed by atoms with van der Waals surface area (Å²) in [4.78, 5) is 0. The highest BCUT2D eigenvalue weighted by atomic mass is 19.1. The van der Waals surface area contributed by atoms with Crippen LogP contribution in [0.3, 0.4) is 0 Å². The molecule has 1 saturated carbocycles. The van der Waals surface area contributed by atoms with Crippen LogP contribution in [0.4, 0.5) is 4.39 Å². The van der Waals surface area contributed by atoms with E-state index in [2.05, 4.69) is 5.32 Å². The van der Waals surface area contributed by atoms with Crippen molar-refractivity contribution < 1.29 is 9.13 Å². The molecule has 1 aliphatic carbocycles. The van der Waals surface area contributed by atoms with E-state index in [-0.39, 0.29) is 5.82 Å². The molecule has 0 radical (unpaired) electrons. The fraction of sp³-hybridized carbons (Fsp3) is 0.700. The molecule has 2 aliphatic rings. The molecule has 0 atom stereocenters. The first-order valence-electron chi connectivity index (χ1n) is 9.27. The van der Waals surface area contributed by atoms with E-state index in [0.717, 1.165) is 30.7 Å². The van der Waals surface area contributed by atoms with Crippen molar-refractivity contribution in [2.75, 3.05) is 19.8 Å². The molecular formula is C20H32FNO. The lowest BCUT2D eigenvalue weighted by Gasteiger charge is -2.26. The van der Waals surface area contributed by atoms with E-state index in [1.54, 1.807) is 6.07 Å². The molecule has 1 heterocycles. The van der Waals surface area contributed by atoms with Gasteiger partial charge in [0, 0.05) is 19.3 Å². The molecule has 1 saturated heterocycles. The van der Waals surface area contributed by atoms with Gasteiger partial charge in [0.05, 0.1) is 0 Å². The molecule has 3 rings (SSSR count). The highest BCUT2D eigenvalue weighted by Crippen LogP contribution is 2.25. The van der Waals surface area contributed by atoms with E-state index >= 15 is 0 Å². The van der Waals surface area contributed by atoms with E-state index in [0.29, 0.717) is 0 Å². The average Bonchev–Trinajstić information content (AvgIpc) is 2.57. The van der Waals surface area contributed by atoms with Crippen molar-refractivity contribution in [3.8, 4) is 0 Å². The number of ether oxygens (including phenoxy) is 1. The van der Waals surface area contributed by atoms with Gasteiger partial charge in [-0.1, -0.05) is 44.2 Å². The molecule has 1 aromatic carbocycles. The number of hydrogen-bond acceptors (Lipinski definition) is 2. The minimum Gasteiger partial charge on any atom is -0.381 e. The van der Waals surface area contributed by atoms with E-state index in [1.807, 2.05) is 13.0 Å². The molecule has 3 heteroatoms. The smallest absolute Gasteiger partial charge is 0.123 e. The maximum Gasteiger partial charge on any atom is 0.123 e. The first-order chi connectivity index (χ1) is 11.2. The predicted molar refractivity (Wildman–Crippen MR) is 94.2 cm³/mol. The minimum absolute atomic E-state index is 0.162. The molecule has 0 spiro atoms. The minimum atomic E-state index is -0.162. The van der Waals surface area contributed by atoms with Crippen molar-refractivity contribution in [2.45, 2.75) is 64.3 Å². The lowest BCUT2D eigenvalue weighted by molar-refractivity contribution is 0.0775. The highest BCUT2D eigenvalue weighted by Gasteiger charge is 2.15. The van der Waals surface area contributed by atoms with Gasteiger partial charge in [0.2, 0.25) is 0 Å². The van der Waals surface area contributed by atoms with E-state index < -0.39 is 0 Å². The van der Waals surface area contributed by atoms with Crippen molar-refractivity contribution in [1.29, 1.82) is 0 Å². The Morgan fingerprint density at radius 1 is 1.09 bits per heavy atom. The summed E-state index contributed by atoms with van der Waals surface area (Å²) in [5, 5.41) is 3.69. The third kappa shape index (κ3) is 7.94. The summed E-state index contributed by atoms with van der Waals surface area (Å²) >= 11 is 0. The molecule has 0 unspecified atom stereocenters. The number of aryl methyl sites for hydroxylation is 1. The van der Waals surface area contributed by atoms with Gasteiger partial charge in [-0.2, -0.15) is 0 Å². The van der Waals surface area contributed by atoms with Gasteiger partial charge in [-0.05, 0) is 56.3 Å². The first kappa shape index (κ1) is 18.4. The van der Waals surface area contributed by atoms with Crippen LogP contribution in [-0.4, -0.2) is 25.8 Å². The SMILES string of the molecule is C1CCC(CCNC2CCOCC2)CC1.Cc1cccc(F)c1. The van der Waals surface area contributed by atoms with Gasteiger partial charge in [-0.3, -0.25) is 0 Å². The van der Waals surface area contributed by atoms with Crippen molar-refractivity contribution in [1.82, 2.24) is 5.32 Å². The molecule has 1 N–H and O–H groups in total. The summed E-state index contributed by atoms with van der Waals surface area (Å²) < 4.78 is 17.5. The maximum atomic E-state index is 12.2. The molecule has 0 amide bonds. The van der Waals surface area contributed by atoms with E-state index in [1.165, 1.54) is 70.0 Å². The van der Waals surface area contributed by atoms with E-state index in [4.69, 9.17) is 4.74 Å². The molecule has 23 heavy (non-hydrogen) atoms. The van der Waals surface area contributed by atoms with Crippen LogP contribution in [0.15, 0.2) is 24.3 Å². The first-order valence-corrected chi connectivity index (χ1v) is 9.27. The van der Waals surface area contributed by atoms with Crippen molar-refractivity contribution in [3.63, 3.8) is 0 Å². The second kappa shape index (κ2) is 10.8. The number of halogens is 1. The lowest BCUT2D eigenvalue weighted by atomic mass is 9.87. The third-order valence-corrected chi connectivity index (χ3v) is 4.91. The molecule has 0 aromatic heterocycles. The molecule has 1 aliphatic heterocycles. The van der Waals surface area contributed by atoms with Gasteiger partial charge >= 0.3 is 0 Å². The summed E-state index contributed by atoms with van der Waals surface area (Å²) in [7, 11) is 0. The molecule has 2 fully saturated rings. The van der Waals surface area contributed by atoms with Gasteiger partial charge in [0.1, 0.15) is 5.82 Å². The van der Waals surface area contributed by atoms with Gasteiger partial charge in [-0.25, -0.2) is 4.39 Å². The largest absolute Gasteiger partial charge is 0.381 e. The number of nitrogens with one attached hydrogen (secondary N) is 1. The van der Waals surface area contributed by atoms with Crippen molar-refractivity contribution >= 4 is 0 Å². The van der Waals surface area contributed by atoms with Crippen LogP contribution in [0.2, 0.25) is 0 Å². The van der Waals surface area contributed by atoms with Crippen LogP contribution in [-0.2, 0) is 4.74 Å². The van der Waals surface area contributed by atoms with Gasteiger partial charge in [-0.15, -0.1) is 0 Å². The molecule has 2 nitrogen and oxygen atoms in total. The van der Waals surface area contributed by atoms with Crippen LogP contribution in [0, 0.1) is 18.7 Å². The number of benzene rings is 1. The summed E-state index contributed by atoms with van der Waals surface area (Å²) in [6.07, 6.45) is 11.2. The summed E-state index contributed by atoms with van der Waals surface area (Å²) in [5.41, 5.74) is 0.963. The van der Waals surface area contributed by atoms with Crippen LogP contribution in [0.5, 0.6) is 0 Å². The zero-order valence-corrected chi connectivity index (χ0v) is 14.5. The Kier molecular flexibility index (Phi) is 8.62. The zero-order valence-electron chi connectivity index (χ0n) is 14.5. The Hall–Kier alpha value is -0.930. The fourth-order valence-electron chi connectivity index (χ4n) is 3.47. The Morgan fingerprint density at radius 3 is 2.43 bits per heavy atom. The molecular weight excluding hydrogens is 289 g/mol. The number of rotatable bonds is 4. The Labute approximate surface area is 140 Å². The van der Waals surface area contributed by atoms with Gasteiger partial charge in [0.15, 0.2) is 0 Å². The lowest BCUT2D eigenvalue weighted by Crippen LogP contribution is -2.36. The van der Waals surface area contributed by atoms with Crippen molar-refractivity contribution in [3.05, 3.63) is 35.6 Å². The second-order valence-corrected chi connectivity index (χ2v) is 6.93. The van der Waals surface area contributed by atoms with Crippen LogP contribution >= 0.6 is 0 Å². The quantitative estimate of drug-likeness (QED) is 0.855. The average molecular weight is 321 g/mol. The predicted octanol–water partition coefficient (Wildman–Crippen LogP) is 4.86. The van der Waals surface area contributed by atoms with Gasteiger partial charge in [0.25, 0.3) is 0 Å². The monoisotopic (exact) mass is 321 g/mol. The number of hydrogen-bond donors (Lipinski definition) is 1. The molecule has 1 aromatic rings.